The topological polar surface area (TPSA) is 46.6 Å². The van der Waals surface area contributed by atoms with Gasteiger partial charge in [-0.1, -0.05) is 51.7 Å². The number of thioether (sulfide) groups is 1. The first-order valence-corrected chi connectivity index (χ1v) is 14.1. The van der Waals surface area contributed by atoms with E-state index in [9.17, 15) is 9.59 Å². The Balaban J connectivity index is 2.52. The first kappa shape index (κ1) is 28.8. The molecule has 0 heterocycles. The third-order valence-electron chi connectivity index (χ3n) is 5.99. The number of unbranched alkanes of at least 4 members (excludes halogenated alkanes) is 6. The van der Waals surface area contributed by atoms with Crippen LogP contribution in [0.15, 0.2) is 22.8 Å². The summed E-state index contributed by atoms with van der Waals surface area (Å²) >= 11 is 1.86. The van der Waals surface area contributed by atoms with Crippen LogP contribution in [0.25, 0.3) is 0 Å². The summed E-state index contributed by atoms with van der Waals surface area (Å²) in [6.45, 7) is 9.92. The molecule has 1 aliphatic rings. The van der Waals surface area contributed by atoms with E-state index < -0.39 is 0 Å². The average Bonchev–Trinajstić information content (AvgIpc) is 3.15. The van der Waals surface area contributed by atoms with Gasteiger partial charge < -0.3 is 9.64 Å². The lowest BCUT2D eigenvalue weighted by atomic mass is 10.1. The molecule has 0 saturated carbocycles. The predicted molar refractivity (Wildman–Crippen MR) is 138 cm³/mol. The minimum Gasteiger partial charge on any atom is -0.430 e. The number of esters is 1. The van der Waals surface area contributed by atoms with Crippen molar-refractivity contribution in [2.75, 3.05) is 18.8 Å². The number of carbonyl (C=O) groups excluding carboxylic acids is 2. The van der Waals surface area contributed by atoms with Crippen LogP contribution < -0.4 is 0 Å². The maximum Gasteiger partial charge on any atom is 0.310 e. The van der Waals surface area contributed by atoms with E-state index in [4.69, 9.17) is 4.74 Å². The van der Waals surface area contributed by atoms with E-state index >= 15 is 0 Å². The highest BCUT2D eigenvalue weighted by Crippen LogP contribution is 2.41. The van der Waals surface area contributed by atoms with E-state index in [-0.39, 0.29) is 11.9 Å². The van der Waals surface area contributed by atoms with Gasteiger partial charge >= 0.3 is 5.97 Å². The molecule has 1 unspecified atom stereocenters. The van der Waals surface area contributed by atoms with E-state index in [1.54, 1.807) is 0 Å². The highest BCUT2D eigenvalue weighted by Gasteiger charge is 2.26. The highest BCUT2D eigenvalue weighted by atomic mass is 32.2. The Labute approximate surface area is 201 Å². The van der Waals surface area contributed by atoms with Crippen LogP contribution in [0.5, 0.6) is 0 Å². The second-order valence-electron chi connectivity index (χ2n) is 8.66. The van der Waals surface area contributed by atoms with Gasteiger partial charge in [0.1, 0.15) is 5.76 Å². The van der Waals surface area contributed by atoms with Gasteiger partial charge in [0.2, 0.25) is 5.91 Å². The number of hydrogen-bond donors (Lipinski definition) is 0. The number of hydrogen-bond acceptors (Lipinski definition) is 4. The van der Waals surface area contributed by atoms with Gasteiger partial charge in [-0.2, -0.15) is 0 Å². The number of nitrogens with zero attached hydrogens (tertiary/aromatic N) is 1. The van der Waals surface area contributed by atoms with Crippen molar-refractivity contribution in [1.29, 1.82) is 0 Å². The Morgan fingerprint density at radius 2 is 1.72 bits per heavy atom. The van der Waals surface area contributed by atoms with Gasteiger partial charge in [0.25, 0.3) is 0 Å². The molecule has 0 radical (unpaired) electrons. The van der Waals surface area contributed by atoms with Crippen LogP contribution in [-0.2, 0) is 14.3 Å². The summed E-state index contributed by atoms with van der Waals surface area (Å²) in [6.07, 6.45) is 17.9. The molecule has 0 aliphatic heterocycles. The molecule has 32 heavy (non-hydrogen) atoms. The second kappa shape index (κ2) is 18.2. The lowest BCUT2D eigenvalue weighted by Crippen LogP contribution is -2.30. The third kappa shape index (κ3) is 11.6. The molecule has 1 rings (SSSR count). The Hall–Kier alpha value is -1.23. The van der Waals surface area contributed by atoms with Crippen LogP contribution in [-0.4, -0.2) is 35.6 Å². The van der Waals surface area contributed by atoms with Crippen molar-refractivity contribution in [3.8, 4) is 0 Å². The fraction of sp³-hybridized carbons (Fsp3) is 0.778. The lowest BCUT2D eigenvalue weighted by molar-refractivity contribution is -0.139. The van der Waals surface area contributed by atoms with Crippen LogP contribution in [0.3, 0.4) is 0 Å². The van der Waals surface area contributed by atoms with Gasteiger partial charge in [0.15, 0.2) is 0 Å². The Morgan fingerprint density at radius 3 is 2.41 bits per heavy atom. The molecule has 1 amide bonds. The molecular weight excluding hydrogens is 418 g/mol. The molecule has 1 atom stereocenters. The van der Waals surface area contributed by atoms with E-state index in [2.05, 4.69) is 19.1 Å². The summed E-state index contributed by atoms with van der Waals surface area (Å²) in [6, 6.07) is 0. The van der Waals surface area contributed by atoms with Crippen molar-refractivity contribution in [3.05, 3.63) is 22.8 Å². The van der Waals surface area contributed by atoms with Crippen molar-refractivity contribution in [2.24, 2.45) is 5.92 Å². The summed E-state index contributed by atoms with van der Waals surface area (Å²) in [4.78, 5) is 27.4. The molecular formula is C27H47NO3S. The molecule has 0 aromatic carbocycles. The molecule has 184 valence electrons. The van der Waals surface area contributed by atoms with E-state index in [1.807, 2.05) is 37.4 Å². The molecule has 5 heteroatoms. The molecule has 4 nitrogen and oxygen atoms in total. The number of ether oxygens (including phenoxy) is 1. The summed E-state index contributed by atoms with van der Waals surface area (Å²) < 4.78 is 5.75. The number of amides is 1. The lowest BCUT2D eigenvalue weighted by Gasteiger charge is -2.18. The molecule has 0 N–H and O–H groups in total. The largest absolute Gasteiger partial charge is 0.430 e. The molecule has 0 aromatic rings. The van der Waals surface area contributed by atoms with Crippen molar-refractivity contribution in [1.82, 2.24) is 4.90 Å². The normalized spacial score (nSPS) is 16.2. The molecule has 0 fully saturated rings. The second-order valence-corrected chi connectivity index (χ2v) is 9.80. The molecule has 0 bridgehead atoms. The summed E-state index contributed by atoms with van der Waals surface area (Å²) in [5.74, 6) is 2.49. The Morgan fingerprint density at radius 1 is 0.969 bits per heavy atom. The Bertz CT molecular complexity index is 596. The minimum atomic E-state index is -0.0975. The molecule has 0 aromatic heterocycles. The maximum absolute atomic E-state index is 12.1. The van der Waals surface area contributed by atoms with Crippen LogP contribution in [0.1, 0.15) is 111 Å². The SMILES string of the molecule is CCCCCC/C=C/C1CCC(OC(=O)CCC)=C1SCCCCCC(=O)N(CC)CC. The summed E-state index contributed by atoms with van der Waals surface area (Å²) in [5, 5.41) is 0. The maximum atomic E-state index is 12.1. The molecule has 1 aliphatic carbocycles. The zero-order valence-corrected chi connectivity index (χ0v) is 21.9. The number of carbonyl (C=O) groups is 2. The predicted octanol–water partition coefficient (Wildman–Crippen LogP) is 7.64. The van der Waals surface area contributed by atoms with E-state index in [1.165, 1.54) is 30.6 Å². The van der Waals surface area contributed by atoms with Crippen LogP contribution in [0.2, 0.25) is 0 Å². The quantitative estimate of drug-likeness (QED) is 0.118. The number of rotatable bonds is 18. The highest BCUT2D eigenvalue weighted by molar-refractivity contribution is 8.03. The fourth-order valence-corrected chi connectivity index (χ4v) is 5.32. The van der Waals surface area contributed by atoms with Crippen molar-refractivity contribution in [2.45, 2.75) is 111 Å². The van der Waals surface area contributed by atoms with E-state index in [0.29, 0.717) is 18.8 Å². The van der Waals surface area contributed by atoms with Crippen molar-refractivity contribution in [3.63, 3.8) is 0 Å². The van der Waals surface area contributed by atoms with Gasteiger partial charge in [-0.3, -0.25) is 9.59 Å². The zero-order chi connectivity index (χ0) is 23.6. The van der Waals surface area contributed by atoms with Gasteiger partial charge in [0, 0.05) is 43.2 Å². The monoisotopic (exact) mass is 465 g/mol. The molecule has 0 saturated heterocycles. The van der Waals surface area contributed by atoms with Crippen molar-refractivity contribution < 1.29 is 14.3 Å². The third-order valence-corrected chi connectivity index (χ3v) is 7.32. The molecule has 0 spiro atoms. The first-order valence-electron chi connectivity index (χ1n) is 13.1. The summed E-state index contributed by atoms with van der Waals surface area (Å²) in [5.41, 5.74) is 0. The number of allylic oxidation sites excluding steroid dienone is 4. The van der Waals surface area contributed by atoms with E-state index in [0.717, 1.165) is 69.5 Å². The Kier molecular flexibility index (Phi) is 16.4. The van der Waals surface area contributed by atoms with Gasteiger partial charge in [-0.15, -0.1) is 11.8 Å². The smallest absolute Gasteiger partial charge is 0.310 e. The first-order chi connectivity index (χ1) is 15.6. The van der Waals surface area contributed by atoms with Gasteiger partial charge in [-0.05, 0) is 58.1 Å². The van der Waals surface area contributed by atoms with Crippen molar-refractivity contribution >= 4 is 23.6 Å². The van der Waals surface area contributed by atoms with Crippen LogP contribution in [0, 0.1) is 5.92 Å². The standard InChI is InChI=1S/C27H47NO3S/c1-5-9-10-11-12-14-18-23-20-21-24(31-26(30)17-6-2)27(23)32-22-16-13-15-19-25(29)28(7-3)8-4/h14,18,23H,5-13,15-17,19-22H2,1-4H3/b18-14+. The van der Waals surface area contributed by atoms with Crippen LogP contribution >= 0.6 is 11.8 Å². The fourth-order valence-electron chi connectivity index (χ4n) is 4.03. The zero-order valence-electron chi connectivity index (χ0n) is 21.1. The average molecular weight is 466 g/mol. The van der Waals surface area contributed by atoms with Gasteiger partial charge in [-0.25, -0.2) is 0 Å². The van der Waals surface area contributed by atoms with Gasteiger partial charge in [0.05, 0.1) is 0 Å². The minimum absolute atomic E-state index is 0.0975. The summed E-state index contributed by atoms with van der Waals surface area (Å²) in [7, 11) is 0. The van der Waals surface area contributed by atoms with Crippen LogP contribution in [0.4, 0.5) is 0 Å².